The second-order valence-corrected chi connectivity index (χ2v) is 3.50. The lowest BCUT2D eigenvalue weighted by atomic mass is 10.2. The fourth-order valence-corrected chi connectivity index (χ4v) is 1.47. The van der Waals surface area contributed by atoms with Crippen LogP contribution in [0.2, 0.25) is 0 Å². The van der Waals surface area contributed by atoms with Crippen LogP contribution in [0.15, 0.2) is 18.2 Å². The van der Waals surface area contributed by atoms with Gasteiger partial charge in [-0.2, -0.15) is 13.2 Å². The van der Waals surface area contributed by atoms with E-state index in [0.717, 1.165) is 0 Å². The van der Waals surface area contributed by atoms with Crippen molar-refractivity contribution >= 4 is 11.0 Å². The van der Waals surface area contributed by atoms with Gasteiger partial charge in [0, 0.05) is 0 Å². The van der Waals surface area contributed by atoms with Gasteiger partial charge in [0.25, 0.3) is 6.17 Å². The highest BCUT2D eigenvalue weighted by Crippen LogP contribution is 2.35. The number of alkyl halides is 4. The lowest BCUT2D eigenvalue weighted by Gasteiger charge is -2.08. The number of imidazole rings is 1. The monoisotopic (exact) mass is 232 g/mol. The molecule has 2 aromatic rings. The number of nitrogens with one attached hydrogen (secondary N) is 1. The summed E-state index contributed by atoms with van der Waals surface area (Å²) < 4.78 is 49.4. The second kappa shape index (κ2) is 3.47. The molecule has 16 heavy (non-hydrogen) atoms. The molecule has 1 N–H and O–H groups in total. The molecule has 1 heterocycles. The lowest BCUT2D eigenvalue weighted by molar-refractivity contribution is -0.184. The Hall–Kier alpha value is -1.59. The highest BCUT2D eigenvalue weighted by molar-refractivity contribution is 5.78. The maximum Gasteiger partial charge on any atom is 0.427 e. The van der Waals surface area contributed by atoms with Crippen LogP contribution in [-0.4, -0.2) is 16.1 Å². The van der Waals surface area contributed by atoms with E-state index >= 15 is 0 Å². The van der Waals surface area contributed by atoms with E-state index in [-0.39, 0.29) is 0 Å². The summed E-state index contributed by atoms with van der Waals surface area (Å²) in [5, 5.41) is 0. The van der Waals surface area contributed by atoms with Crippen molar-refractivity contribution in [1.82, 2.24) is 9.97 Å². The predicted octanol–water partition coefficient (Wildman–Crippen LogP) is 3.44. The Balaban J connectivity index is 2.52. The third-order valence-corrected chi connectivity index (χ3v) is 2.26. The highest BCUT2D eigenvalue weighted by Gasteiger charge is 2.43. The van der Waals surface area contributed by atoms with Gasteiger partial charge in [0.05, 0.1) is 11.0 Å². The van der Waals surface area contributed by atoms with Crippen LogP contribution in [-0.2, 0) is 0 Å². The molecule has 0 aliphatic heterocycles. The van der Waals surface area contributed by atoms with Gasteiger partial charge in [0.1, 0.15) is 0 Å². The zero-order valence-corrected chi connectivity index (χ0v) is 8.27. The Morgan fingerprint density at radius 1 is 1.31 bits per heavy atom. The summed E-state index contributed by atoms with van der Waals surface area (Å²) in [4.78, 5) is 5.96. The maximum atomic E-state index is 13.0. The van der Waals surface area contributed by atoms with Crippen molar-refractivity contribution < 1.29 is 17.6 Å². The molecule has 6 heteroatoms. The van der Waals surface area contributed by atoms with Crippen molar-refractivity contribution in [3.8, 4) is 0 Å². The molecule has 0 amide bonds. The molecule has 2 rings (SSSR count). The van der Waals surface area contributed by atoms with E-state index in [4.69, 9.17) is 0 Å². The number of aryl methyl sites for hydroxylation is 1. The minimum atomic E-state index is -4.93. The number of halogens is 4. The van der Waals surface area contributed by atoms with Gasteiger partial charge in [0.2, 0.25) is 0 Å². The Bertz CT molecular complexity index is 515. The molecule has 2 nitrogen and oxygen atoms in total. The number of fused-ring (bicyclic) bond motifs is 1. The van der Waals surface area contributed by atoms with Crippen molar-refractivity contribution in [3.05, 3.63) is 29.6 Å². The molecular weight excluding hydrogens is 224 g/mol. The smallest absolute Gasteiger partial charge is 0.339 e. The number of H-pyrrole nitrogens is 1. The van der Waals surface area contributed by atoms with Crippen molar-refractivity contribution in [2.45, 2.75) is 19.3 Å². The first-order valence-electron chi connectivity index (χ1n) is 4.55. The van der Waals surface area contributed by atoms with Crippen molar-refractivity contribution in [2.24, 2.45) is 0 Å². The van der Waals surface area contributed by atoms with E-state index in [1.165, 1.54) is 0 Å². The van der Waals surface area contributed by atoms with Crippen LogP contribution < -0.4 is 0 Å². The first-order chi connectivity index (χ1) is 7.39. The van der Waals surface area contributed by atoms with Gasteiger partial charge < -0.3 is 4.98 Å². The minimum absolute atomic E-state index is 0.365. The molecule has 1 unspecified atom stereocenters. The predicted molar refractivity (Wildman–Crippen MR) is 50.7 cm³/mol. The molecule has 86 valence electrons. The largest absolute Gasteiger partial charge is 0.427 e. The third-order valence-electron chi connectivity index (χ3n) is 2.26. The first kappa shape index (κ1) is 10.9. The summed E-state index contributed by atoms with van der Waals surface area (Å²) in [6.07, 6.45) is -8.00. The quantitative estimate of drug-likeness (QED) is 0.749. The van der Waals surface area contributed by atoms with Crippen molar-refractivity contribution in [3.63, 3.8) is 0 Å². The average molecular weight is 232 g/mol. The van der Waals surface area contributed by atoms with E-state index in [9.17, 15) is 17.6 Å². The van der Waals surface area contributed by atoms with Gasteiger partial charge in [-0.25, -0.2) is 9.37 Å². The molecule has 1 aromatic carbocycles. The minimum Gasteiger partial charge on any atom is -0.339 e. The van der Waals surface area contributed by atoms with Crippen molar-refractivity contribution in [2.75, 3.05) is 0 Å². The summed E-state index contributed by atoms with van der Waals surface area (Å²) in [5.41, 5.74) is 1.47. The van der Waals surface area contributed by atoms with Gasteiger partial charge in [0.15, 0.2) is 5.82 Å². The third kappa shape index (κ3) is 1.75. The molecule has 0 bridgehead atoms. The van der Waals surface area contributed by atoms with Crippen LogP contribution in [0, 0.1) is 6.92 Å². The fraction of sp³-hybridized carbons (Fsp3) is 0.300. The summed E-state index contributed by atoms with van der Waals surface area (Å²) >= 11 is 0. The summed E-state index contributed by atoms with van der Waals surface area (Å²) in [5.74, 6) is -0.697. The zero-order chi connectivity index (χ0) is 11.9. The summed E-state index contributed by atoms with van der Waals surface area (Å²) in [7, 11) is 0. The fourth-order valence-electron chi connectivity index (χ4n) is 1.47. The molecule has 0 radical (unpaired) electrons. The van der Waals surface area contributed by atoms with Gasteiger partial charge in [-0.3, -0.25) is 0 Å². The van der Waals surface area contributed by atoms with E-state index in [1.54, 1.807) is 25.1 Å². The number of aromatic amines is 1. The van der Waals surface area contributed by atoms with E-state index in [0.29, 0.717) is 16.6 Å². The van der Waals surface area contributed by atoms with E-state index in [1.807, 2.05) is 0 Å². The zero-order valence-electron chi connectivity index (χ0n) is 8.27. The highest BCUT2D eigenvalue weighted by atomic mass is 19.4. The number of hydrogen-bond donors (Lipinski definition) is 1. The topological polar surface area (TPSA) is 28.7 Å². The number of nitrogens with zero attached hydrogens (tertiary/aromatic N) is 1. The summed E-state index contributed by atoms with van der Waals surface area (Å²) in [6, 6.07) is 4.93. The van der Waals surface area contributed by atoms with Gasteiger partial charge >= 0.3 is 6.18 Å². The number of para-hydroxylation sites is 1. The van der Waals surface area contributed by atoms with E-state index in [2.05, 4.69) is 9.97 Å². The van der Waals surface area contributed by atoms with Crippen LogP contribution in [0.4, 0.5) is 17.6 Å². The lowest BCUT2D eigenvalue weighted by Crippen LogP contribution is -2.17. The molecule has 0 aliphatic carbocycles. The summed E-state index contributed by atoms with van der Waals surface area (Å²) in [6.45, 7) is 1.70. The Kier molecular flexibility index (Phi) is 2.36. The van der Waals surface area contributed by atoms with Crippen LogP contribution in [0.1, 0.15) is 17.6 Å². The number of rotatable bonds is 1. The molecular formula is C10H8F4N2. The number of aromatic nitrogens is 2. The molecule has 1 aromatic heterocycles. The SMILES string of the molecule is Cc1cccc2[nH]c(C(F)C(F)(F)F)nc12. The van der Waals surface area contributed by atoms with Gasteiger partial charge in [-0.05, 0) is 18.6 Å². The van der Waals surface area contributed by atoms with Gasteiger partial charge in [-0.15, -0.1) is 0 Å². The molecule has 0 spiro atoms. The number of benzene rings is 1. The van der Waals surface area contributed by atoms with Crippen LogP contribution in [0.5, 0.6) is 0 Å². The molecule has 0 fully saturated rings. The molecule has 0 aliphatic rings. The molecule has 0 saturated carbocycles. The Labute approximate surface area is 88.3 Å². The normalized spacial score (nSPS) is 14.3. The Morgan fingerprint density at radius 2 is 2.00 bits per heavy atom. The maximum absolute atomic E-state index is 13.0. The average Bonchev–Trinajstić information content (AvgIpc) is 2.60. The van der Waals surface area contributed by atoms with Crippen LogP contribution in [0.3, 0.4) is 0 Å². The van der Waals surface area contributed by atoms with Gasteiger partial charge in [-0.1, -0.05) is 12.1 Å². The van der Waals surface area contributed by atoms with Crippen LogP contribution >= 0.6 is 0 Å². The number of hydrogen-bond acceptors (Lipinski definition) is 1. The van der Waals surface area contributed by atoms with Crippen LogP contribution in [0.25, 0.3) is 11.0 Å². The molecule has 1 atom stereocenters. The van der Waals surface area contributed by atoms with Crippen molar-refractivity contribution in [1.29, 1.82) is 0 Å². The second-order valence-electron chi connectivity index (χ2n) is 3.50. The Morgan fingerprint density at radius 3 is 2.56 bits per heavy atom. The first-order valence-corrected chi connectivity index (χ1v) is 4.55. The molecule has 0 saturated heterocycles. The standard InChI is InChI=1S/C10H8F4N2/c1-5-3-2-4-6-7(5)16-9(15-6)8(11)10(12,13)14/h2-4,8H,1H3,(H,15,16). The van der Waals surface area contributed by atoms with E-state index < -0.39 is 18.2 Å².